The van der Waals surface area contributed by atoms with Gasteiger partial charge in [0.05, 0.1) is 6.54 Å². The number of nitrogens with one attached hydrogen (secondary N) is 1. The Balaban J connectivity index is 1.54. The van der Waals surface area contributed by atoms with Gasteiger partial charge in [-0.15, -0.1) is 0 Å². The van der Waals surface area contributed by atoms with Gasteiger partial charge in [-0.05, 0) is 11.1 Å². The van der Waals surface area contributed by atoms with E-state index in [1.807, 2.05) is 60.7 Å². The number of hydrogen-bond acceptors (Lipinski definition) is 4. The summed E-state index contributed by atoms with van der Waals surface area (Å²) in [6, 6.07) is 19.3. The maximum atomic E-state index is 12.3. The molecule has 1 N–H and O–H groups in total. The Morgan fingerprint density at radius 2 is 1.52 bits per heavy atom. The molecule has 1 unspecified atom stereocenters. The first-order valence-electron chi connectivity index (χ1n) is 7.54. The van der Waals surface area contributed by atoms with Crippen LogP contribution in [0.2, 0.25) is 0 Å². The Kier molecular flexibility index (Phi) is 4.68. The Hall–Kier alpha value is -2.66. The van der Waals surface area contributed by atoms with Crippen LogP contribution in [0.5, 0.6) is 0 Å². The van der Waals surface area contributed by atoms with E-state index in [1.165, 1.54) is 0 Å². The monoisotopic (exact) mass is 310 g/mol. The van der Waals surface area contributed by atoms with Crippen molar-refractivity contribution in [3.63, 3.8) is 0 Å². The summed E-state index contributed by atoms with van der Waals surface area (Å²) in [7, 11) is 0. The number of amides is 2. The highest BCUT2D eigenvalue weighted by molar-refractivity contribution is 6.00. The lowest BCUT2D eigenvalue weighted by atomic mass is 10.2. The molecule has 0 spiro atoms. The Morgan fingerprint density at radius 3 is 2.17 bits per heavy atom. The molecule has 1 fully saturated rings. The standard InChI is InChI=1S/C18H18N2O3/c21-17-16(12-19-11-14-7-3-1-4-8-14)23-18(22)20(17)13-15-9-5-2-6-10-15/h1-10,16,19H,11-13H2. The van der Waals surface area contributed by atoms with Gasteiger partial charge in [0.15, 0.2) is 6.10 Å². The average Bonchev–Trinajstić information content (AvgIpc) is 2.85. The van der Waals surface area contributed by atoms with Crippen LogP contribution in [0.25, 0.3) is 0 Å². The average molecular weight is 310 g/mol. The molecule has 1 atom stereocenters. The minimum absolute atomic E-state index is 0.244. The van der Waals surface area contributed by atoms with Crippen LogP contribution in [0.4, 0.5) is 4.79 Å². The number of rotatable bonds is 6. The van der Waals surface area contributed by atoms with Gasteiger partial charge in [-0.1, -0.05) is 60.7 Å². The van der Waals surface area contributed by atoms with Gasteiger partial charge in [0.25, 0.3) is 5.91 Å². The summed E-state index contributed by atoms with van der Waals surface area (Å²) in [5, 5.41) is 3.15. The lowest BCUT2D eigenvalue weighted by Crippen LogP contribution is -2.36. The van der Waals surface area contributed by atoms with Crippen molar-refractivity contribution in [2.24, 2.45) is 0 Å². The van der Waals surface area contributed by atoms with E-state index in [4.69, 9.17) is 4.74 Å². The number of carbonyl (C=O) groups is 2. The van der Waals surface area contributed by atoms with Gasteiger partial charge in [-0.3, -0.25) is 4.79 Å². The molecule has 0 saturated carbocycles. The number of imide groups is 1. The van der Waals surface area contributed by atoms with Crippen LogP contribution < -0.4 is 5.32 Å². The largest absolute Gasteiger partial charge is 0.434 e. The second-order valence-corrected chi connectivity index (χ2v) is 5.40. The van der Waals surface area contributed by atoms with Crippen LogP contribution in [0.15, 0.2) is 60.7 Å². The third-order valence-corrected chi connectivity index (χ3v) is 3.69. The third-order valence-electron chi connectivity index (χ3n) is 3.69. The summed E-state index contributed by atoms with van der Waals surface area (Å²) in [5.41, 5.74) is 2.01. The summed E-state index contributed by atoms with van der Waals surface area (Å²) in [6.45, 7) is 1.18. The van der Waals surface area contributed by atoms with Crippen molar-refractivity contribution in [3.8, 4) is 0 Å². The van der Waals surface area contributed by atoms with Gasteiger partial charge in [-0.25, -0.2) is 9.69 Å². The molecular formula is C18H18N2O3. The van der Waals surface area contributed by atoms with Crippen LogP contribution >= 0.6 is 0 Å². The highest BCUT2D eigenvalue weighted by atomic mass is 16.6. The van der Waals surface area contributed by atoms with E-state index in [0.29, 0.717) is 13.1 Å². The summed E-state index contributed by atoms with van der Waals surface area (Å²) in [6.07, 6.45) is -1.33. The van der Waals surface area contributed by atoms with Crippen molar-refractivity contribution in [2.75, 3.05) is 6.54 Å². The molecule has 2 aromatic rings. The fourth-order valence-corrected chi connectivity index (χ4v) is 2.48. The van der Waals surface area contributed by atoms with Gasteiger partial charge >= 0.3 is 6.09 Å². The third kappa shape index (κ3) is 3.76. The quantitative estimate of drug-likeness (QED) is 0.889. The van der Waals surface area contributed by atoms with Crippen molar-refractivity contribution in [1.29, 1.82) is 0 Å². The second kappa shape index (κ2) is 7.07. The molecule has 1 heterocycles. The molecule has 5 heteroatoms. The minimum atomic E-state index is -0.755. The smallest absolute Gasteiger partial charge is 0.417 e. The summed E-state index contributed by atoms with van der Waals surface area (Å²) >= 11 is 0. The predicted molar refractivity (Wildman–Crippen MR) is 85.4 cm³/mol. The SMILES string of the molecule is O=C1OC(CNCc2ccccc2)C(=O)N1Cc1ccccc1. The number of benzene rings is 2. The van der Waals surface area contributed by atoms with Crippen molar-refractivity contribution in [1.82, 2.24) is 10.2 Å². The molecule has 2 amide bonds. The predicted octanol–water partition coefficient (Wildman–Crippen LogP) is 2.32. The fourth-order valence-electron chi connectivity index (χ4n) is 2.48. The normalized spacial score (nSPS) is 17.4. The highest BCUT2D eigenvalue weighted by Gasteiger charge is 2.40. The molecule has 1 saturated heterocycles. The lowest BCUT2D eigenvalue weighted by molar-refractivity contribution is -0.129. The Bertz CT molecular complexity index is 673. The number of ether oxygens (including phenoxy) is 1. The lowest BCUT2D eigenvalue weighted by Gasteiger charge is -2.11. The molecular weight excluding hydrogens is 292 g/mol. The zero-order valence-electron chi connectivity index (χ0n) is 12.6. The van der Waals surface area contributed by atoms with Crippen molar-refractivity contribution < 1.29 is 14.3 Å². The first-order chi connectivity index (χ1) is 11.2. The first-order valence-corrected chi connectivity index (χ1v) is 7.54. The van der Waals surface area contributed by atoms with Crippen molar-refractivity contribution in [3.05, 3.63) is 71.8 Å². The van der Waals surface area contributed by atoms with Gasteiger partial charge in [0.1, 0.15) is 0 Å². The van der Waals surface area contributed by atoms with Crippen LogP contribution in [0, 0.1) is 0 Å². The van der Waals surface area contributed by atoms with Crippen molar-refractivity contribution in [2.45, 2.75) is 19.2 Å². The van der Waals surface area contributed by atoms with E-state index in [0.717, 1.165) is 16.0 Å². The number of cyclic esters (lactones) is 1. The maximum absolute atomic E-state index is 12.3. The maximum Gasteiger partial charge on any atom is 0.417 e. The number of nitrogens with zero attached hydrogens (tertiary/aromatic N) is 1. The highest BCUT2D eigenvalue weighted by Crippen LogP contribution is 2.16. The summed E-state index contributed by atoms with van der Waals surface area (Å²) < 4.78 is 5.17. The number of carbonyl (C=O) groups excluding carboxylic acids is 2. The molecule has 3 rings (SSSR count). The molecule has 0 aromatic heterocycles. The van der Waals surface area contributed by atoms with E-state index in [9.17, 15) is 9.59 Å². The van der Waals surface area contributed by atoms with Gasteiger partial charge in [-0.2, -0.15) is 0 Å². The Morgan fingerprint density at radius 1 is 0.913 bits per heavy atom. The molecule has 0 bridgehead atoms. The van der Waals surface area contributed by atoms with E-state index >= 15 is 0 Å². The van der Waals surface area contributed by atoms with E-state index < -0.39 is 12.2 Å². The topological polar surface area (TPSA) is 58.6 Å². The van der Waals surface area contributed by atoms with Gasteiger partial charge < -0.3 is 10.1 Å². The molecule has 1 aliphatic rings. The molecule has 0 aliphatic carbocycles. The minimum Gasteiger partial charge on any atom is -0.434 e. The zero-order valence-corrected chi connectivity index (χ0v) is 12.6. The summed E-state index contributed by atoms with van der Waals surface area (Å²) in [5.74, 6) is -0.292. The first kappa shape index (κ1) is 15.2. The van der Waals surface area contributed by atoms with Crippen LogP contribution in [0.1, 0.15) is 11.1 Å². The fraction of sp³-hybridized carbons (Fsp3) is 0.222. The zero-order chi connectivity index (χ0) is 16.1. The van der Waals surface area contributed by atoms with E-state index in [-0.39, 0.29) is 12.5 Å². The summed E-state index contributed by atoms with van der Waals surface area (Å²) in [4.78, 5) is 25.3. The van der Waals surface area contributed by atoms with E-state index in [2.05, 4.69) is 5.32 Å². The van der Waals surface area contributed by atoms with E-state index in [1.54, 1.807) is 0 Å². The van der Waals surface area contributed by atoms with Crippen LogP contribution in [0.3, 0.4) is 0 Å². The molecule has 0 radical (unpaired) electrons. The molecule has 1 aliphatic heterocycles. The second-order valence-electron chi connectivity index (χ2n) is 5.40. The molecule has 5 nitrogen and oxygen atoms in total. The van der Waals surface area contributed by atoms with Crippen LogP contribution in [-0.4, -0.2) is 29.5 Å². The van der Waals surface area contributed by atoms with Gasteiger partial charge in [0, 0.05) is 13.1 Å². The Labute approximate surface area is 134 Å². The van der Waals surface area contributed by atoms with Gasteiger partial charge in [0.2, 0.25) is 0 Å². The molecule has 2 aromatic carbocycles. The molecule has 118 valence electrons. The molecule has 23 heavy (non-hydrogen) atoms. The van der Waals surface area contributed by atoms with Crippen LogP contribution in [-0.2, 0) is 22.6 Å². The number of hydrogen-bond donors (Lipinski definition) is 1. The van der Waals surface area contributed by atoms with Crippen molar-refractivity contribution >= 4 is 12.0 Å².